The van der Waals surface area contributed by atoms with Crippen molar-refractivity contribution >= 4 is 5.69 Å². The summed E-state index contributed by atoms with van der Waals surface area (Å²) in [6.45, 7) is 1.64. The Morgan fingerprint density at radius 1 is 1.35 bits per heavy atom. The fourth-order valence-corrected chi connectivity index (χ4v) is 3.76. The van der Waals surface area contributed by atoms with Gasteiger partial charge in [-0.15, -0.1) is 0 Å². The van der Waals surface area contributed by atoms with Crippen molar-refractivity contribution in [2.45, 2.75) is 43.9 Å². The second-order valence-electron chi connectivity index (χ2n) is 6.20. The van der Waals surface area contributed by atoms with Crippen molar-refractivity contribution in [3.05, 3.63) is 34.1 Å². The van der Waals surface area contributed by atoms with E-state index in [1.165, 1.54) is 12.1 Å². The molecule has 2 aliphatic heterocycles. The first kappa shape index (κ1) is 16.1. The maximum atomic E-state index is 14.0. The number of nitrogens with zero attached hydrogens (tertiary/aromatic N) is 2. The normalized spacial score (nSPS) is 27.1. The quantitative estimate of drug-likeness (QED) is 0.595. The molecule has 6 nitrogen and oxygen atoms in total. The summed E-state index contributed by atoms with van der Waals surface area (Å²) in [6.07, 6.45) is 3.95. The van der Waals surface area contributed by atoms with Gasteiger partial charge in [-0.25, -0.2) is 4.39 Å². The predicted molar refractivity (Wildman–Crippen MR) is 82.1 cm³/mol. The number of nitro groups is 1. The molecule has 2 heterocycles. The lowest BCUT2D eigenvalue weighted by Crippen LogP contribution is -2.47. The van der Waals surface area contributed by atoms with Crippen molar-refractivity contribution in [3.8, 4) is 5.75 Å². The SMILES string of the molecule is COCCN1[C@@H]2CC[C@H]1C[C@@H](Oc1ccc([N+](=O)[O-])cc1F)C2. The van der Waals surface area contributed by atoms with Gasteiger partial charge in [-0.3, -0.25) is 15.0 Å². The first-order chi connectivity index (χ1) is 11.1. The highest BCUT2D eigenvalue weighted by Gasteiger charge is 2.41. The Morgan fingerprint density at radius 3 is 2.61 bits per heavy atom. The van der Waals surface area contributed by atoms with Gasteiger partial charge in [-0.2, -0.15) is 0 Å². The average Bonchev–Trinajstić information content (AvgIpc) is 2.76. The third-order valence-corrected chi connectivity index (χ3v) is 4.81. The van der Waals surface area contributed by atoms with E-state index in [0.29, 0.717) is 12.1 Å². The van der Waals surface area contributed by atoms with E-state index >= 15 is 0 Å². The molecule has 0 unspecified atom stereocenters. The van der Waals surface area contributed by atoms with E-state index in [1.54, 1.807) is 7.11 Å². The minimum Gasteiger partial charge on any atom is -0.487 e. The Kier molecular flexibility index (Phi) is 4.77. The maximum Gasteiger partial charge on any atom is 0.272 e. The van der Waals surface area contributed by atoms with Crippen molar-refractivity contribution in [1.82, 2.24) is 4.90 Å². The van der Waals surface area contributed by atoms with Crippen LogP contribution in [0.2, 0.25) is 0 Å². The van der Waals surface area contributed by atoms with Crippen LogP contribution in [0.3, 0.4) is 0 Å². The molecular weight excluding hydrogens is 303 g/mol. The molecule has 1 aromatic rings. The molecule has 126 valence electrons. The van der Waals surface area contributed by atoms with E-state index in [4.69, 9.17) is 9.47 Å². The van der Waals surface area contributed by atoms with E-state index in [9.17, 15) is 14.5 Å². The summed E-state index contributed by atoms with van der Waals surface area (Å²) in [5, 5.41) is 10.7. The molecule has 2 fully saturated rings. The minimum atomic E-state index is -0.673. The van der Waals surface area contributed by atoms with Gasteiger partial charge in [0.25, 0.3) is 5.69 Å². The maximum absolute atomic E-state index is 14.0. The lowest BCUT2D eigenvalue weighted by molar-refractivity contribution is -0.385. The van der Waals surface area contributed by atoms with Crippen molar-refractivity contribution < 1.29 is 18.8 Å². The highest BCUT2D eigenvalue weighted by atomic mass is 19.1. The van der Waals surface area contributed by atoms with Crippen LogP contribution in [-0.4, -0.2) is 48.3 Å². The Bertz CT molecular complexity index is 569. The molecule has 0 aliphatic carbocycles. The number of benzene rings is 1. The number of piperidine rings is 1. The fourth-order valence-electron chi connectivity index (χ4n) is 3.76. The molecule has 0 amide bonds. The molecule has 0 radical (unpaired) electrons. The summed E-state index contributed by atoms with van der Waals surface area (Å²) in [7, 11) is 1.70. The van der Waals surface area contributed by atoms with Gasteiger partial charge in [0, 0.05) is 31.8 Å². The van der Waals surface area contributed by atoms with E-state index in [0.717, 1.165) is 44.9 Å². The molecule has 2 saturated heterocycles. The van der Waals surface area contributed by atoms with Crippen LogP contribution in [0.25, 0.3) is 0 Å². The molecule has 0 saturated carbocycles. The first-order valence-corrected chi connectivity index (χ1v) is 7.93. The second-order valence-corrected chi connectivity index (χ2v) is 6.20. The Balaban J connectivity index is 1.63. The molecule has 1 aromatic carbocycles. The van der Waals surface area contributed by atoms with Crippen molar-refractivity contribution in [3.63, 3.8) is 0 Å². The summed E-state index contributed by atoms with van der Waals surface area (Å²) < 4.78 is 24.9. The molecule has 7 heteroatoms. The molecule has 23 heavy (non-hydrogen) atoms. The number of ether oxygens (including phenoxy) is 2. The van der Waals surface area contributed by atoms with Gasteiger partial charge in [-0.05, 0) is 31.7 Å². The topological polar surface area (TPSA) is 64.8 Å². The van der Waals surface area contributed by atoms with Crippen LogP contribution in [0.5, 0.6) is 5.75 Å². The van der Waals surface area contributed by atoms with Crippen LogP contribution in [0.4, 0.5) is 10.1 Å². The highest BCUT2D eigenvalue weighted by Crippen LogP contribution is 2.37. The number of rotatable bonds is 6. The number of methoxy groups -OCH3 is 1. The molecule has 0 spiro atoms. The summed E-state index contributed by atoms with van der Waals surface area (Å²) in [5.41, 5.74) is -0.260. The average molecular weight is 324 g/mol. The van der Waals surface area contributed by atoms with E-state index in [-0.39, 0.29) is 17.5 Å². The van der Waals surface area contributed by atoms with Gasteiger partial charge >= 0.3 is 0 Å². The lowest BCUT2D eigenvalue weighted by atomic mass is 9.99. The standard InChI is InChI=1S/C16H21FN2O4/c1-22-7-6-18-11-2-3-12(18)9-14(8-11)23-16-5-4-13(19(20)21)10-15(16)17/h4-5,10-12,14H,2-3,6-9H2,1H3/t11-,12+,14+. The van der Waals surface area contributed by atoms with Gasteiger partial charge in [0.05, 0.1) is 17.6 Å². The molecule has 0 aromatic heterocycles. The zero-order chi connectivity index (χ0) is 16.4. The van der Waals surface area contributed by atoms with Crippen LogP contribution in [0.15, 0.2) is 18.2 Å². The summed E-state index contributed by atoms with van der Waals surface area (Å²) in [5.74, 6) is -0.571. The van der Waals surface area contributed by atoms with Crippen molar-refractivity contribution in [1.29, 1.82) is 0 Å². The van der Waals surface area contributed by atoms with E-state index in [2.05, 4.69) is 4.90 Å². The largest absolute Gasteiger partial charge is 0.487 e. The molecule has 0 N–H and O–H groups in total. The number of hydrogen-bond donors (Lipinski definition) is 0. The lowest BCUT2D eigenvalue weighted by Gasteiger charge is -2.38. The Labute approximate surface area is 134 Å². The summed E-state index contributed by atoms with van der Waals surface area (Å²) >= 11 is 0. The van der Waals surface area contributed by atoms with Gasteiger partial charge in [0.1, 0.15) is 6.10 Å². The van der Waals surface area contributed by atoms with Gasteiger partial charge < -0.3 is 9.47 Å². The predicted octanol–water partition coefficient (Wildman–Crippen LogP) is 2.75. The number of nitro benzene ring substituents is 1. The van der Waals surface area contributed by atoms with E-state index in [1.807, 2.05) is 0 Å². The van der Waals surface area contributed by atoms with Gasteiger partial charge in [0.15, 0.2) is 11.6 Å². The van der Waals surface area contributed by atoms with Crippen molar-refractivity contribution in [2.75, 3.05) is 20.3 Å². The molecule has 3 rings (SSSR count). The van der Waals surface area contributed by atoms with Crippen LogP contribution in [0.1, 0.15) is 25.7 Å². The van der Waals surface area contributed by atoms with Crippen molar-refractivity contribution in [2.24, 2.45) is 0 Å². The van der Waals surface area contributed by atoms with Crippen LogP contribution >= 0.6 is 0 Å². The zero-order valence-corrected chi connectivity index (χ0v) is 13.1. The second kappa shape index (κ2) is 6.80. The number of halogens is 1. The third kappa shape index (κ3) is 3.45. The van der Waals surface area contributed by atoms with Crippen LogP contribution in [-0.2, 0) is 4.74 Å². The first-order valence-electron chi connectivity index (χ1n) is 7.93. The molecule has 3 atom stereocenters. The molecular formula is C16H21FN2O4. The Morgan fingerprint density at radius 2 is 2.04 bits per heavy atom. The minimum absolute atomic E-state index is 0.0396. The smallest absolute Gasteiger partial charge is 0.272 e. The highest BCUT2D eigenvalue weighted by molar-refractivity contribution is 5.37. The Hall–Kier alpha value is -1.73. The third-order valence-electron chi connectivity index (χ3n) is 4.81. The zero-order valence-electron chi connectivity index (χ0n) is 13.1. The summed E-state index contributed by atoms with van der Waals surface area (Å²) in [6, 6.07) is 4.45. The van der Waals surface area contributed by atoms with Gasteiger partial charge in [0.2, 0.25) is 0 Å². The van der Waals surface area contributed by atoms with Crippen LogP contribution < -0.4 is 4.74 Å². The number of non-ortho nitro benzene ring substituents is 1. The van der Waals surface area contributed by atoms with Crippen LogP contribution in [0, 0.1) is 15.9 Å². The fraction of sp³-hybridized carbons (Fsp3) is 0.625. The summed E-state index contributed by atoms with van der Waals surface area (Å²) in [4.78, 5) is 12.5. The van der Waals surface area contributed by atoms with Gasteiger partial charge in [-0.1, -0.05) is 0 Å². The number of fused-ring (bicyclic) bond motifs is 2. The monoisotopic (exact) mass is 324 g/mol. The molecule has 2 bridgehead atoms. The van der Waals surface area contributed by atoms with E-state index < -0.39 is 10.7 Å². The molecule has 2 aliphatic rings. The number of hydrogen-bond acceptors (Lipinski definition) is 5.